The predicted molar refractivity (Wildman–Crippen MR) is 79.9 cm³/mol. The maximum Gasteiger partial charge on any atom is 0.136 e. The van der Waals surface area contributed by atoms with Crippen LogP contribution in [0.25, 0.3) is 21.9 Å². The van der Waals surface area contributed by atoms with E-state index in [1.807, 2.05) is 0 Å². The van der Waals surface area contributed by atoms with E-state index in [-0.39, 0.29) is 0 Å². The molecule has 20 heavy (non-hydrogen) atoms. The van der Waals surface area contributed by atoms with Crippen molar-refractivity contribution in [1.29, 1.82) is 0 Å². The molecule has 0 radical (unpaired) electrons. The first-order valence-corrected chi connectivity index (χ1v) is 7.46. The highest BCUT2D eigenvalue weighted by Gasteiger charge is 2.19. The van der Waals surface area contributed by atoms with Gasteiger partial charge in [0.25, 0.3) is 0 Å². The fourth-order valence-corrected chi connectivity index (χ4v) is 3.30. The largest absolute Gasteiger partial charge is 0.464 e. The lowest BCUT2D eigenvalue weighted by molar-refractivity contribution is 0.484. The summed E-state index contributed by atoms with van der Waals surface area (Å²) in [7, 11) is 0. The van der Waals surface area contributed by atoms with Crippen LogP contribution in [0.2, 0.25) is 0 Å². The molecule has 0 spiro atoms. The van der Waals surface area contributed by atoms with Gasteiger partial charge in [0.2, 0.25) is 0 Å². The zero-order chi connectivity index (χ0) is 13.5. The topological polar surface area (TPSA) is 43.0 Å². The van der Waals surface area contributed by atoms with Crippen molar-refractivity contribution in [3.05, 3.63) is 30.2 Å². The average molecular weight is 269 g/mol. The van der Waals surface area contributed by atoms with E-state index in [1.54, 1.807) is 6.26 Å². The van der Waals surface area contributed by atoms with Crippen molar-refractivity contribution in [3.8, 4) is 0 Å². The Labute approximate surface area is 117 Å². The standard InChI is InChI=1S/C16H19N3O/c1-2-14-12-5-6-15-13(7-9-20-15)16(12)19(18-14)10-11-4-3-8-17-11/h5-7,9,11,17H,2-4,8,10H2,1H3. The quantitative estimate of drug-likeness (QED) is 0.794. The van der Waals surface area contributed by atoms with Crippen LogP contribution in [0.15, 0.2) is 28.9 Å². The molecule has 3 heterocycles. The molecule has 4 nitrogen and oxygen atoms in total. The molecule has 0 saturated carbocycles. The number of aryl methyl sites for hydroxylation is 1. The van der Waals surface area contributed by atoms with E-state index in [2.05, 4.69) is 35.1 Å². The highest BCUT2D eigenvalue weighted by Crippen LogP contribution is 2.29. The van der Waals surface area contributed by atoms with Crippen LogP contribution >= 0.6 is 0 Å². The molecule has 104 valence electrons. The molecule has 4 rings (SSSR count). The van der Waals surface area contributed by atoms with Gasteiger partial charge in [-0.1, -0.05) is 6.92 Å². The summed E-state index contributed by atoms with van der Waals surface area (Å²) < 4.78 is 7.71. The second-order valence-corrected chi connectivity index (χ2v) is 5.57. The van der Waals surface area contributed by atoms with Gasteiger partial charge in [0.15, 0.2) is 0 Å². The van der Waals surface area contributed by atoms with Gasteiger partial charge in [-0.2, -0.15) is 5.10 Å². The summed E-state index contributed by atoms with van der Waals surface area (Å²) >= 11 is 0. The zero-order valence-electron chi connectivity index (χ0n) is 11.7. The maximum absolute atomic E-state index is 5.54. The Hall–Kier alpha value is -1.81. The summed E-state index contributed by atoms with van der Waals surface area (Å²) in [6, 6.07) is 6.80. The molecule has 1 saturated heterocycles. The van der Waals surface area contributed by atoms with Crippen LogP contribution in [-0.2, 0) is 13.0 Å². The molecule has 0 amide bonds. The van der Waals surface area contributed by atoms with Gasteiger partial charge in [0.1, 0.15) is 5.58 Å². The highest BCUT2D eigenvalue weighted by molar-refractivity contribution is 6.04. The highest BCUT2D eigenvalue weighted by atomic mass is 16.3. The van der Waals surface area contributed by atoms with Crippen LogP contribution < -0.4 is 5.32 Å². The second-order valence-electron chi connectivity index (χ2n) is 5.57. The van der Waals surface area contributed by atoms with E-state index in [0.717, 1.165) is 25.1 Å². The van der Waals surface area contributed by atoms with Crippen LogP contribution in [-0.4, -0.2) is 22.4 Å². The Morgan fingerprint density at radius 3 is 3.10 bits per heavy atom. The van der Waals surface area contributed by atoms with Crippen LogP contribution in [0.4, 0.5) is 0 Å². The Bertz CT molecular complexity index is 750. The Balaban J connectivity index is 1.91. The normalized spacial score (nSPS) is 19.4. The van der Waals surface area contributed by atoms with E-state index < -0.39 is 0 Å². The van der Waals surface area contributed by atoms with Crippen LogP contribution in [0, 0.1) is 0 Å². The fourth-order valence-electron chi connectivity index (χ4n) is 3.30. The predicted octanol–water partition coefficient (Wildman–Crippen LogP) is 3.10. The number of furan rings is 1. The van der Waals surface area contributed by atoms with Crippen molar-refractivity contribution < 1.29 is 4.42 Å². The molecule has 0 aliphatic carbocycles. The molecule has 1 aromatic carbocycles. The second kappa shape index (κ2) is 4.63. The van der Waals surface area contributed by atoms with E-state index in [4.69, 9.17) is 9.52 Å². The minimum Gasteiger partial charge on any atom is -0.464 e. The lowest BCUT2D eigenvalue weighted by atomic mass is 10.1. The lowest BCUT2D eigenvalue weighted by Crippen LogP contribution is -2.27. The third-order valence-electron chi connectivity index (χ3n) is 4.31. The van der Waals surface area contributed by atoms with Gasteiger partial charge in [-0.15, -0.1) is 0 Å². The third kappa shape index (κ3) is 1.75. The van der Waals surface area contributed by atoms with Gasteiger partial charge >= 0.3 is 0 Å². The first-order chi connectivity index (χ1) is 9.86. The zero-order valence-corrected chi connectivity index (χ0v) is 11.7. The van der Waals surface area contributed by atoms with Gasteiger partial charge in [0.05, 0.1) is 24.0 Å². The summed E-state index contributed by atoms with van der Waals surface area (Å²) in [5.41, 5.74) is 3.35. The SMILES string of the molecule is CCc1nn(CC2CCCN2)c2c1ccc1occc12. The fraction of sp³-hybridized carbons (Fsp3) is 0.438. The summed E-state index contributed by atoms with van der Waals surface area (Å²) in [4.78, 5) is 0. The Morgan fingerprint density at radius 2 is 2.30 bits per heavy atom. The number of nitrogens with one attached hydrogen (secondary N) is 1. The number of aromatic nitrogens is 2. The number of rotatable bonds is 3. The van der Waals surface area contributed by atoms with E-state index >= 15 is 0 Å². The van der Waals surface area contributed by atoms with Crippen LogP contribution in [0.3, 0.4) is 0 Å². The van der Waals surface area contributed by atoms with Gasteiger partial charge in [-0.25, -0.2) is 0 Å². The molecule has 2 aromatic heterocycles. The van der Waals surface area contributed by atoms with Gasteiger partial charge < -0.3 is 9.73 Å². The van der Waals surface area contributed by atoms with E-state index in [1.165, 1.54) is 34.8 Å². The van der Waals surface area contributed by atoms with Gasteiger partial charge in [0, 0.05) is 16.8 Å². The summed E-state index contributed by atoms with van der Waals surface area (Å²) in [5.74, 6) is 0. The molecule has 1 aliphatic rings. The molecule has 0 bridgehead atoms. The van der Waals surface area contributed by atoms with Crippen molar-refractivity contribution in [2.24, 2.45) is 0 Å². The molecule has 1 unspecified atom stereocenters. The number of hydrogen-bond acceptors (Lipinski definition) is 3. The van der Waals surface area contributed by atoms with Crippen molar-refractivity contribution >= 4 is 21.9 Å². The summed E-state index contributed by atoms with van der Waals surface area (Å²) in [5, 5.41) is 10.8. The molecule has 1 atom stereocenters. The number of fused-ring (bicyclic) bond motifs is 3. The average Bonchev–Trinajstić information content (AvgIpc) is 3.17. The van der Waals surface area contributed by atoms with Crippen LogP contribution in [0.5, 0.6) is 0 Å². The molecule has 1 aliphatic heterocycles. The molecule has 1 fully saturated rings. The minimum absolute atomic E-state index is 0.546. The molecular formula is C16H19N3O. The van der Waals surface area contributed by atoms with Gasteiger partial charge in [-0.3, -0.25) is 4.68 Å². The number of benzene rings is 1. The van der Waals surface area contributed by atoms with E-state index in [0.29, 0.717) is 6.04 Å². The van der Waals surface area contributed by atoms with Crippen molar-refractivity contribution in [2.45, 2.75) is 38.8 Å². The molecular weight excluding hydrogens is 250 g/mol. The maximum atomic E-state index is 5.54. The summed E-state index contributed by atoms with van der Waals surface area (Å²) in [6.07, 6.45) is 5.24. The first-order valence-electron chi connectivity index (χ1n) is 7.46. The van der Waals surface area contributed by atoms with Crippen molar-refractivity contribution in [1.82, 2.24) is 15.1 Å². The summed E-state index contributed by atoms with van der Waals surface area (Å²) in [6.45, 7) is 4.24. The van der Waals surface area contributed by atoms with Crippen LogP contribution in [0.1, 0.15) is 25.5 Å². The Kier molecular flexibility index (Phi) is 2.77. The van der Waals surface area contributed by atoms with Crippen molar-refractivity contribution in [2.75, 3.05) is 6.54 Å². The monoisotopic (exact) mass is 269 g/mol. The first kappa shape index (κ1) is 12.0. The molecule has 3 aromatic rings. The molecule has 4 heteroatoms. The minimum atomic E-state index is 0.546. The van der Waals surface area contributed by atoms with E-state index in [9.17, 15) is 0 Å². The molecule has 1 N–H and O–H groups in total. The van der Waals surface area contributed by atoms with Crippen molar-refractivity contribution in [3.63, 3.8) is 0 Å². The smallest absolute Gasteiger partial charge is 0.136 e. The Morgan fingerprint density at radius 1 is 1.35 bits per heavy atom. The number of nitrogens with zero attached hydrogens (tertiary/aromatic N) is 2. The number of hydrogen-bond donors (Lipinski definition) is 1. The third-order valence-corrected chi connectivity index (χ3v) is 4.31. The lowest BCUT2D eigenvalue weighted by Gasteiger charge is -2.11. The van der Waals surface area contributed by atoms with Gasteiger partial charge in [-0.05, 0) is 44.0 Å².